The summed E-state index contributed by atoms with van der Waals surface area (Å²) in [5.74, 6) is 0.904. The molecule has 0 saturated heterocycles. The molecule has 1 fully saturated rings. The first kappa shape index (κ1) is 13.1. The number of hydrogen-bond donors (Lipinski definition) is 2. The molecule has 0 aliphatic heterocycles. The third-order valence-corrected chi connectivity index (χ3v) is 3.49. The first-order valence-electron chi connectivity index (χ1n) is 6.83. The molecule has 1 heterocycles. The van der Waals surface area contributed by atoms with Crippen molar-refractivity contribution in [2.45, 2.75) is 57.5 Å². The average Bonchev–Trinajstić information content (AvgIpc) is 2.70. The first-order valence-corrected chi connectivity index (χ1v) is 6.83. The Bertz CT molecular complexity index is 390. The normalized spacial score (nSPS) is 19.2. The monoisotopic (exact) mass is 250 g/mol. The minimum absolute atomic E-state index is 0.117. The molecule has 1 aromatic heterocycles. The predicted octanol–water partition coefficient (Wildman–Crippen LogP) is 2.75. The van der Waals surface area contributed by atoms with Crippen LogP contribution in [-0.4, -0.2) is 11.9 Å². The maximum atomic E-state index is 12.0. The lowest BCUT2D eigenvalue weighted by Crippen LogP contribution is -2.34. The van der Waals surface area contributed by atoms with Gasteiger partial charge in [-0.15, -0.1) is 0 Å². The highest BCUT2D eigenvalue weighted by molar-refractivity contribution is 5.91. The van der Waals surface area contributed by atoms with Gasteiger partial charge in [0.2, 0.25) is 0 Å². The average molecular weight is 250 g/mol. The lowest BCUT2D eigenvalue weighted by Gasteiger charge is -2.15. The van der Waals surface area contributed by atoms with E-state index in [0.29, 0.717) is 17.6 Å². The Morgan fingerprint density at radius 3 is 2.56 bits per heavy atom. The number of carbonyl (C=O) groups is 1. The molecule has 1 saturated carbocycles. The molecule has 18 heavy (non-hydrogen) atoms. The SMILES string of the molecule is CC(N)c1ccc(C(=O)NC2CCCCCC2)o1. The molecule has 0 bridgehead atoms. The minimum Gasteiger partial charge on any atom is -0.454 e. The largest absolute Gasteiger partial charge is 0.454 e. The van der Waals surface area contributed by atoms with Crippen molar-refractivity contribution in [3.05, 3.63) is 23.7 Å². The first-order chi connectivity index (χ1) is 8.66. The Morgan fingerprint density at radius 2 is 2.00 bits per heavy atom. The van der Waals surface area contributed by atoms with E-state index in [0.717, 1.165) is 12.8 Å². The summed E-state index contributed by atoms with van der Waals surface area (Å²) in [6.07, 6.45) is 7.12. The zero-order valence-electron chi connectivity index (χ0n) is 10.9. The fourth-order valence-corrected chi connectivity index (χ4v) is 2.40. The molecule has 4 heteroatoms. The van der Waals surface area contributed by atoms with E-state index in [2.05, 4.69) is 5.32 Å². The molecule has 4 nitrogen and oxygen atoms in total. The van der Waals surface area contributed by atoms with Crippen molar-refractivity contribution in [2.75, 3.05) is 0 Å². The second kappa shape index (κ2) is 6.05. The van der Waals surface area contributed by atoms with Gasteiger partial charge in [-0.05, 0) is 31.9 Å². The topological polar surface area (TPSA) is 68.3 Å². The molecular formula is C14H22N2O2. The molecule has 1 amide bonds. The number of carbonyl (C=O) groups excluding carboxylic acids is 1. The van der Waals surface area contributed by atoms with E-state index < -0.39 is 0 Å². The van der Waals surface area contributed by atoms with Gasteiger partial charge < -0.3 is 15.5 Å². The molecule has 0 aromatic carbocycles. The molecule has 1 unspecified atom stereocenters. The maximum Gasteiger partial charge on any atom is 0.287 e. The summed E-state index contributed by atoms with van der Waals surface area (Å²) in [6, 6.07) is 3.59. The summed E-state index contributed by atoms with van der Waals surface area (Å²) >= 11 is 0. The molecule has 2 rings (SSSR count). The molecule has 1 aliphatic rings. The van der Waals surface area contributed by atoms with E-state index in [4.69, 9.17) is 10.2 Å². The zero-order chi connectivity index (χ0) is 13.0. The Hall–Kier alpha value is -1.29. The molecule has 1 aliphatic carbocycles. The second-order valence-electron chi connectivity index (χ2n) is 5.15. The quantitative estimate of drug-likeness (QED) is 0.810. The lowest BCUT2D eigenvalue weighted by molar-refractivity contribution is 0.0903. The van der Waals surface area contributed by atoms with E-state index in [1.807, 2.05) is 6.92 Å². The zero-order valence-corrected chi connectivity index (χ0v) is 10.9. The van der Waals surface area contributed by atoms with Gasteiger partial charge in [-0.1, -0.05) is 25.7 Å². The fraction of sp³-hybridized carbons (Fsp3) is 0.643. The van der Waals surface area contributed by atoms with Gasteiger partial charge in [0.05, 0.1) is 6.04 Å². The predicted molar refractivity (Wildman–Crippen MR) is 70.3 cm³/mol. The van der Waals surface area contributed by atoms with Gasteiger partial charge in [-0.2, -0.15) is 0 Å². The number of rotatable bonds is 3. The van der Waals surface area contributed by atoms with Crippen LogP contribution in [0.3, 0.4) is 0 Å². The van der Waals surface area contributed by atoms with Crippen LogP contribution in [0.15, 0.2) is 16.5 Å². The van der Waals surface area contributed by atoms with E-state index in [-0.39, 0.29) is 11.9 Å². The van der Waals surface area contributed by atoms with Crippen LogP contribution in [0.4, 0.5) is 0 Å². The van der Waals surface area contributed by atoms with Crippen LogP contribution in [0.25, 0.3) is 0 Å². The second-order valence-corrected chi connectivity index (χ2v) is 5.15. The third kappa shape index (κ3) is 3.35. The van der Waals surface area contributed by atoms with Crippen LogP contribution in [0.2, 0.25) is 0 Å². The lowest BCUT2D eigenvalue weighted by atomic mass is 10.1. The van der Waals surface area contributed by atoms with Gasteiger partial charge in [0.25, 0.3) is 5.91 Å². The minimum atomic E-state index is -0.176. The summed E-state index contributed by atoms with van der Waals surface area (Å²) in [5, 5.41) is 3.05. The van der Waals surface area contributed by atoms with Gasteiger partial charge >= 0.3 is 0 Å². The standard InChI is InChI=1S/C14H22N2O2/c1-10(15)12-8-9-13(18-12)14(17)16-11-6-4-2-3-5-7-11/h8-11H,2-7,15H2,1H3,(H,16,17). The van der Waals surface area contributed by atoms with Gasteiger partial charge in [-0.3, -0.25) is 4.79 Å². The van der Waals surface area contributed by atoms with Crippen molar-refractivity contribution in [3.8, 4) is 0 Å². The van der Waals surface area contributed by atoms with Gasteiger partial charge in [0.15, 0.2) is 5.76 Å². The van der Waals surface area contributed by atoms with E-state index >= 15 is 0 Å². The van der Waals surface area contributed by atoms with Crippen LogP contribution < -0.4 is 11.1 Å². The summed E-state index contributed by atoms with van der Waals surface area (Å²) in [4.78, 5) is 12.0. The van der Waals surface area contributed by atoms with Crippen molar-refractivity contribution in [3.63, 3.8) is 0 Å². The van der Waals surface area contributed by atoms with Crippen molar-refractivity contribution in [1.82, 2.24) is 5.32 Å². The van der Waals surface area contributed by atoms with Crippen LogP contribution in [0.5, 0.6) is 0 Å². The number of nitrogens with one attached hydrogen (secondary N) is 1. The Kier molecular flexibility index (Phi) is 4.42. The summed E-state index contributed by atoms with van der Waals surface area (Å²) in [7, 11) is 0. The summed E-state index contributed by atoms with van der Waals surface area (Å²) in [5.41, 5.74) is 5.71. The molecule has 1 aromatic rings. The maximum absolute atomic E-state index is 12.0. The highest BCUT2D eigenvalue weighted by Gasteiger charge is 2.18. The van der Waals surface area contributed by atoms with Crippen LogP contribution in [-0.2, 0) is 0 Å². The van der Waals surface area contributed by atoms with E-state index in [1.54, 1.807) is 12.1 Å². The van der Waals surface area contributed by atoms with Gasteiger partial charge in [0, 0.05) is 6.04 Å². The van der Waals surface area contributed by atoms with Crippen LogP contribution >= 0.6 is 0 Å². The molecule has 0 radical (unpaired) electrons. The van der Waals surface area contributed by atoms with Crippen molar-refractivity contribution in [2.24, 2.45) is 5.73 Å². The molecule has 3 N–H and O–H groups in total. The Balaban J connectivity index is 1.93. The highest BCUT2D eigenvalue weighted by Crippen LogP contribution is 2.18. The van der Waals surface area contributed by atoms with Crippen LogP contribution in [0.1, 0.15) is 67.8 Å². The number of amides is 1. The van der Waals surface area contributed by atoms with Crippen molar-refractivity contribution in [1.29, 1.82) is 0 Å². The molecule has 100 valence electrons. The molecule has 1 atom stereocenters. The van der Waals surface area contributed by atoms with E-state index in [1.165, 1.54) is 25.7 Å². The molecular weight excluding hydrogens is 228 g/mol. The summed E-state index contributed by atoms with van der Waals surface area (Å²) in [6.45, 7) is 1.84. The van der Waals surface area contributed by atoms with Gasteiger partial charge in [-0.25, -0.2) is 0 Å². The van der Waals surface area contributed by atoms with Crippen molar-refractivity contribution >= 4 is 5.91 Å². The molecule has 0 spiro atoms. The van der Waals surface area contributed by atoms with E-state index in [9.17, 15) is 4.79 Å². The number of nitrogens with two attached hydrogens (primary N) is 1. The third-order valence-electron chi connectivity index (χ3n) is 3.49. The number of furan rings is 1. The van der Waals surface area contributed by atoms with Crippen LogP contribution in [0, 0.1) is 0 Å². The Labute approximate surface area is 108 Å². The summed E-state index contributed by atoms with van der Waals surface area (Å²) < 4.78 is 5.44. The van der Waals surface area contributed by atoms with Crippen molar-refractivity contribution < 1.29 is 9.21 Å². The fourth-order valence-electron chi connectivity index (χ4n) is 2.40. The van der Waals surface area contributed by atoms with Gasteiger partial charge in [0.1, 0.15) is 5.76 Å². The smallest absolute Gasteiger partial charge is 0.287 e. The highest BCUT2D eigenvalue weighted by atomic mass is 16.4. The number of hydrogen-bond acceptors (Lipinski definition) is 3. The Morgan fingerprint density at radius 1 is 1.33 bits per heavy atom.